The predicted octanol–water partition coefficient (Wildman–Crippen LogP) is 3.57. The van der Waals surface area contributed by atoms with E-state index in [0.717, 1.165) is 5.56 Å². The summed E-state index contributed by atoms with van der Waals surface area (Å²) in [7, 11) is 0. The minimum atomic E-state index is -0.814. The topological polar surface area (TPSA) is 72.9 Å². The zero-order chi connectivity index (χ0) is 17.1. The van der Waals surface area contributed by atoms with Gasteiger partial charge in [0.2, 0.25) is 0 Å². The van der Waals surface area contributed by atoms with E-state index >= 15 is 0 Å². The summed E-state index contributed by atoms with van der Waals surface area (Å²) in [5.41, 5.74) is 6.58. The fourth-order valence-corrected chi connectivity index (χ4v) is 2.39. The maximum absolute atomic E-state index is 13.5. The number of benzene rings is 2. The number of carbonyl (C=O) groups excluding carboxylic acids is 1. The Morgan fingerprint density at radius 1 is 1.21 bits per heavy atom. The molecule has 1 aromatic heterocycles. The number of nitrogens with zero attached hydrogens (tertiary/aromatic N) is 2. The number of rotatable bonds is 5. The third-order valence-electron chi connectivity index (χ3n) is 3.47. The summed E-state index contributed by atoms with van der Waals surface area (Å²) in [6.45, 7) is 0.538. The standard InChI is InChI=1S/C17H14ClFN4O/c18-12-3-1-11(2-4-12)10-23-16(7-8-21-23)22-13-5-6-15(19)14(9-13)17(20)24/h1-9,22H,10H2,(H2,20,24). The third kappa shape index (κ3) is 3.55. The molecule has 3 N–H and O–H groups in total. The molecule has 1 heterocycles. The van der Waals surface area contributed by atoms with Crippen molar-refractivity contribution < 1.29 is 9.18 Å². The van der Waals surface area contributed by atoms with Gasteiger partial charge < -0.3 is 11.1 Å². The SMILES string of the molecule is NC(=O)c1cc(Nc2ccnn2Cc2ccc(Cl)cc2)ccc1F. The Hall–Kier alpha value is -2.86. The zero-order valence-electron chi connectivity index (χ0n) is 12.5. The average molecular weight is 345 g/mol. The van der Waals surface area contributed by atoms with Crippen LogP contribution >= 0.6 is 11.6 Å². The highest BCUT2D eigenvalue weighted by molar-refractivity contribution is 6.30. The molecule has 2 aromatic carbocycles. The molecule has 0 saturated carbocycles. The van der Waals surface area contributed by atoms with Gasteiger partial charge in [-0.2, -0.15) is 5.10 Å². The van der Waals surface area contributed by atoms with Crippen LogP contribution in [-0.4, -0.2) is 15.7 Å². The summed E-state index contributed by atoms with van der Waals surface area (Å²) < 4.78 is 15.3. The van der Waals surface area contributed by atoms with Crippen LogP contribution in [0, 0.1) is 5.82 Å². The van der Waals surface area contributed by atoms with E-state index < -0.39 is 11.7 Å². The summed E-state index contributed by atoms with van der Waals surface area (Å²) in [6, 6.07) is 13.3. The lowest BCUT2D eigenvalue weighted by Crippen LogP contribution is -2.13. The predicted molar refractivity (Wildman–Crippen MR) is 91.0 cm³/mol. The van der Waals surface area contributed by atoms with Gasteiger partial charge in [0.05, 0.1) is 18.3 Å². The summed E-state index contributed by atoms with van der Waals surface area (Å²) in [6.07, 6.45) is 1.65. The number of halogens is 2. The van der Waals surface area contributed by atoms with Crippen molar-refractivity contribution in [1.82, 2.24) is 9.78 Å². The van der Waals surface area contributed by atoms with E-state index in [0.29, 0.717) is 23.1 Å². The number of carbonyl (C=O) groups is 1. The molecule has 0 spiro atoms. The molecular formula is C17H14ClFN4O. The summed E-state index contributed by atoms with van der Waals surface area (Å²) in [5, 5.41) is 8.04. The van der Waals surface area contributed by atoms with Crippen molar-refractivity contribution in [3.05, 3.63) is 76.7 Å². The fourth-order valence-electron chi connectivity index (χ4n) is 2.27. The largest absolute Gasteiger partial charge is 0.366 e. The first-order chi connectivity index (χ1) is 11.5. The lowest BCUT2D eigenvalue weighted by Gasteiger charge is -2.11. The van der Waals surface area contributed by atoms with E-state index in [1.807, 2.05) is 24.3 Å². The van der Waals surface area contributed by atoms with Gasteiger partial charge in [0.15, 0.2) is 0 Å². The number of amides is 1. The van der Waals surface area contributed by atoms with Crippen molar-refractivity contribution in [2.45, 2.75) is 6.54 Å². The van der Waals surface area contributed by atoms with E-state index in [4.69, 9.17) is 17.3 Å². The maximum atomic E-state index is 13.5. The van der Waals surface area contributed by atoms with Crippen LogP contribution < -0.4 is 11.1 Å². The first-order valence-electron chi connectivity index (χ1n) is 7.15. The quantitative estimate of drug-likeness (QED) is 0.743. The summed E-state index contributed by atoms with van der Waals surface area (Å²) >= 11 is 5.88. The first kappa shape index (κ1) is 16.0. The number of nitrogens with two attached hydrogens (primary N) is 1. The van der Waals surface area contributed by atoms with Gasteiger partial charge in [-0.15, -0.1) is 0 Å². The first-order valence-corrected chi connectivity index (χ1v) is 7.53. The monoisotopic (exact) mass is 344 g/mol. The second-order valence-corrected chi connectivity index (χ2v) is 5.62. The molecule has 0 aliphatic carbocycles. The molecule has 3 rings (SSSR count). The van der Waals surface area contributed by atoms with Gasteiger partial charge in [-0.25, -0.2) is 9.07 Å². The molecule has 0 aliphatic rings. The van der Waals surface area contributed by atoms with Crippen LogP contribution in [0.1, 0.15) is 15.9 Å². The molecule has 0 bridgehead atoms. The molecule has 0 atom stereocenters. The number of hydrogen-bond acceptors (Lipinski definition) is 3. The van der Waals surface area contributed by atoms with Crippen LogP contribution in [-0.2, 0) is 6.54 Å². The van der Waals surface area contributed by atoms with Crippen molar-refractivity contribution in [3.63, 3.8) is 0 Å². The summed E-state index contributed by atoms with van der Waals surface area (Å²) in [4.78, 5) is 11.2. The van der Waals surface area contributed by atoms with Crippen LogP contribution in [0.15, 0.2) is 54.7 Å². The highest BCUT2D eigenvalue weighted by Gasteiger charge is 2.10. The molecule has 0 aliphatic heterocycles. The zero-order valence-corrected chi connectivity index (χ0v) is 13.3. The Labute approximate surface area is 142 Å². The van der Waals surface area contributed by atoms with Gasteiger partial charge in [0, 0.05) is 16.8 Å². The second-order valence-electron chi connectivity index (χ2n) is 5.18. The average Bonchev–Trinajstić information content (AvgIpc) is 2.98. The molecule has 0 fully saturated rings. The van der Waals surface area contributed by atoms with Crippen LogP contribution in [0.2, 0.25) is 5.02 Å². The molecule has 3 aromatic rings. The van der Waals surface area contributed by atoms with Crippen LogP contribution in [0.25, 0.3) is 0 Å². The van der Waals surface area contributed by atoms with Gasteiger partial charge in [-0.3, -0.25) is 4.79 Å². The van der Waals surface area contributed by atoms with Crippen molar-refractivity contribution in [2.24, 2.45) is 5.73 Å². The van der Waals surface area contributed by atoms with E-state index in [1.165, 1.54) is 18.2 Å². The molecule has 5 nitrogen and oxygen atoms in total. The molecule has 24 heavy (non-hydrogen) atoms. The van der Waals surface area contributed by atoms with Gasteiger partial charge in [-0.1, -0.05) is 23.7 Å². The van der Waals surface area contributed by atoms with Crippen LogP contribution in [0.3, 0.4) is 0 Å². The van der Waals surface area contributed by atoms with E-state index in [2.05, 4.69) is 10.4 Å². The second kappa shape index (κ2) is 6.72. The van der Waals surface area contributed by atoms with E-state index in [-0.39, 0.29) is 5.56 Å². The molecule has 122 valence electrons. The minimum Gasteiger partial charge on any atom is -0.366 e. The Morgan fingerprint density at radius 2 is 1.96 bits per heavy atom. The van der Waals surface area contributed by atoms with Crippen molar-refractivity contribution in [1.29, 1.82) is 0 Å². The Balaban J connectivity index is 1.82. The number of anilines is 2. The maximum Gasteiger partial charge on any atom is 0.251 e. The van der Waals surface area contributed by atoms with Gasteiger partial charge in [-0.05, 0) is 35.9 Å². The lowest BCUT2D eigenvalue weighted by molar-refractivity contribution is 0.0996. The van der Waals surface area contributed by atoms with Gasteiger partial charge in [0.1, 0.15) is 11.6 Å². The Bertz CT molecular complexity index is 877. The van der Waals surface area contributed by atoms with E-state index in [9.17, 15) is 9.18 Å². The van der Waals surface area contributed by atoms with Crippen LogP contribution in [0.4, 0.5) is 15.9 Å². The molecule has 1 amide bonds. The molecular weight excluding hydrogens is 331 g/mol. The third-order valence-corrected chi connectivity index (χ3v) is 3.72. The Morgan fingerprint density at radius 3 is 2.67 bits per heavy atom. The smallest absolute Gasteiger partial charge is 0.251 e. The van der Waals surface area contributed by atoms with Gasteiger partial charge >= 0.3 is 0 Å². The molecule has 0 radical (unpaired) electrons. The fraction of sp³-hybridized carbons (Fsp3) is 0.0588. The number of primary amides is 1. The number of aromatic nitrogens is 2. The highest BCUT2D eigenvalue weighted by Crippen LogP contribution is 2.20. The van der Waals surface area contributed by atoms with Crippen molar-refractivity contribution >= 4 is 29.0 Å². The van der Waals surface area contributed by atoms with E-state index in [1.54, 1.807) is 16.9 Å². The molecule has 0 unspecified atom stereocenters. The van der Waals surface area contributed by atoms with Gasteiger partial charge in [0.25, 0.3) is 5.91 Å². The lowest BCUT2D eigenvalue weighted by atomic mass is 10.2. The van der Waals surface area contributed by atoms with Crippen LogP contribution in [0.5, 0.6) is 0 Å². The molecule has 7 heteroatoms. The minimum absolute atomic E-state index is 0.163. The number of hydrogen-bond donors (Lipinski definition) is 2. The van der Waals surface area contributed by atoms with Crippen molar-refractivity contribution in [2.75, 3.05) is 5.32 Å². The highest BCUT2D eigenvalue weighted by atomic mass is 35.5. The Kier molecular flexibility index (Phi) is 4.48. The number of nitrogens with one attached hydrogen (secondary N) is 1. The summed E-state index contributed by atoms with van der Waals surface area (Å²) in [5.74, 6) is -0.763. The molecule has 0 saturated heterocycles. The van der Waals surface area contributed by atoms with Crippen molar-refractivity contribution in [3.8, 4) is 0 Å². The normalized spacial score (nSPS) is 10.6.